The van der Waals surface area contributed by atoms with Crippen LogP contribution in [0, 0.1) is 0 Å². The summed E-state index contributed by atoms with van der Waals surface area (Å²) < 4.78 is 56.4. The van der Waals surface area contributed by atoms with Crippen LogP contribution in [0.5, 0.6) is 0 Å². The highest BCUT2D eigenvalue weighted by molar-refractivity contribution is 5.91. The Hall–Kier alpha value is -4.58. The van der Waals surface area contributed by atoms with Gasteiger partial charge in [0.25, 0.3) is 0 Å². The third kappa shape index (κ3) is 16.0. The van der Waals surface area contributed by atoms with E-state index < -0.39 is 109 Å². The molecule has 0 spiro atoms. The highest BCUT2D eigenvalue weighted by Gasteiger charge is 2.54. The summed E-state index contributed by atoms with van der Waals surface area (Å²) >= 11 is 0. The molecule has 0 unspecified atom stereocenters. The molecule has 0 amide bonds. The molecule has 0 aromatic rings. The first-order chi connectivity index (χ1) is 27.6. The number of esters is 8. The van der Waals surface area contributed by atoms with E-state index in [0.29, 0.717) is 50.7 Å². The molecule has 0 N–H and O–H groups in total. The second-order valence-corrected chi connectivity index (χ2v) is 13.9. The van der Waals surface area contributed by atoms with Crippen LogP contribution in [0.4, 0.5) is 0 Å². The van der Waals surface area contributed by atoms with Gasteiger partial charge < -0.3 is 47.4 Å². The zero-order chi connectivity index (χ0) is 43.4. The van der Waals surface area contributed by atoms with Crippen LogP contribution >= 0.6 is 0 Å². The second kappa shape index (κ2) is 25.7. The first-order valence-electron chi connectivity index (χ1n) is 20.2. The molecule has 328 valence electrons. The smallest absolute Gasteiger partial charge is 0.333 e. The van der Waals surface area contributed by atoms with E-state index >= 15 is 0 Å². The standard InChI is InChI=1S/C40H60O18/c1-9-15-25(41)51-33-23(7)49-39(37(55-29(45)19-13-5)35(33)53-27(43)17-11-3)57-31(47)21-22-32(48)58-40-38(56-30(46)20-14-6)36(54-28(44)18-12-4)34(24(8)50-40)52-26(42)16-10-2/h21-24,33-40H,9-20H2,1-8H3/b22-21+/t23-,24-,33-,34-,35+,36+,37+,38+,39+,40+/m0/s1. The maximum absolute atomic E-state index is 13.2. The molecule has 0 aromatic carbocycles. The van der Waals surface area contributed by atoms with Gasteiger partial charge in [-0.15, -0.1) is 0 Å². The van der Waals surface area contributed by atoms with E-state index in [1.165, 1.54) is 13.8 Å². The lowest BCUT2D eigenvalue weighted by molar-refractivity contribution is -0.293. The van der Waals surface area contributed by atoms with E-state index in [1.54, 1.807) is 41.5 Å². The molecule has 2 fully saturated rings. The Kier molecular flexibility index (Phi) is 22.0. The van der Waals surface area contributed by atoms with E-state index in [1.807, 2.05) is 0 Å². The topological polar surface area (TPSA) is 229 Å². The van der Waals surface area contributed by atoms with Crippen molar-refractivity contribution in [2.75, 3.05) is 0 Å². The molecular weight excluding hydrogens is 768 g/mol. The summed E-state index contributed by atoms with van der Waals surface area (Å²) in [5.74, 6) is -6.47. The zero-order valence-electron chi connectivity index (χ0n) is 34.8. The van der Waals surface area contributed by atoms with E-state index in [-0.39, 0.29) is 38.5 Å². The first-order valence-corrected chi connectivity index (χ1v) is 20.2. The van der Waals surface area contributed by atoms with Gasteiger partial charge in [-0.25, -0.2) is 9.59 Å². The van der Waals surface area contributed by atoms with Crippen LogP contribution in [0.3, 0.4) is 0 Å². The van der Waals surface area contributed by atoms with Crippen molar-refractivity contribution in [2.45, 2.75) is 194 Å². The summed E-state index contributed by atoms with van der Waals surface area (Å²) in [7, 11) is 0. The molecule has 2 rings (SSSR count). The van der Waals surface area contributed by atoms with Crippen LogP contribution in [0.15, 0.2) is 12.2 Å². The summed E-state index contributed by atoms with van der Waals surface area (Å²) in [6.45, 7) is 13.5. The minimum absolute atomic E-state index is 0.0129. The average Bonchev–Trinajstić information content (AvgIpc) is 3.14. The predicted molar refractivity (Wildman–Crippen MR) is 199 cm³/mol. The maximum Gasteiger partial charge on any atom is 0.333 e. The molecule has 0 aliphatic carbocycles. The summed E-state index contributed by atoms with van der Waals surface area (Å²) in [5.41, 5.74) is 0. The monoisotopic (exact) mass is 828 g/mol. The lowest BCUT2D eigenvalue weighted by Crippen LogP contribution is -2.61. The molecule has 2 aliphatic heterocycles. The van der Waals surface area contributed by atoms with Gasteiger partial charge in [-0.05, 0) is 52.4 Å². The molecule has 0 saturated carbocycles. The lowest BCUT2D eigenvalue weighted by atomic mass is 9.98. The number of hydrogen-bond acceptors (Lipinski definition) is 18. The fourth-order valence-electron chi connectivity index (χ4n) is 5.91. The number of ether oxygens (including phenoxy) is 10. The average molecular weight is 829 g/mol. The Balaban J connectivity index is 2.39. The number of hydrogen-bond donors (Lipinski definition) is 0. The van der Waals surface area contributed by atoms with Crippen molar-refractivity contribution in [1.29, 1.82) is 0 Å². The zero-order valence-corrected chi connectivity index (χ0v) is 34.8. The van der Waals surface area contributed by atoms with Gasteiger partial charge in [0, 0.05) is 50.7 Å². The van der Waals surface area contributed by atoms with Gasteiger partial charge in [-0.3, -0.25) is 28.8 Å². The molecule has 2 saturated heterocycles. The van der Waals surface area contributed by atoms with Crippen LogP contribution < -0.4 is 0 Å². The summed E-state index contributed by atoms with van der Waals surface area (Å²) in [6.07, 6.45) is -10.1. The van der Waals surface area contributed by atoms with Crippen molar-refractivity contribution in [3.05, 3.63) is 12.2 Å². The van der Waals surface area contributed by atoms with Crippen LogP contribution in [0.2, 0.25) is 0 Å². The molecule has 2 aliphatic rings. The molecule has 2 heterocycles. The minimum atomic E-state index is -1.69. The van der Waals surface area contributed by atoms with Crippen molar-refractivity contribution in [3.8, 4) is 0 Å². The molecule has 0 aromatic heterocycles. The van der Waals surface area contributed by atoms with Crippen molar-refractivity contribution >= 4 is 47.8 Å². The Labute approximate surface area is 339 Å². The van der Waals surface area contributed by atoms with Gasteiger partial charge >= 0.3 is 47.8 Å². The molecule has 10 atom stereocenters. The Bertz CT molecular complexity index is 1320. The van der Waals surface area contributed by atoms with Gasteiger partial charge in [0.2, 0.25) is 24.8 Å². The van der Waals surface area contributed by atoms with E-state index in [9.17, 15) is 38.4 Å². The van der Waals surface area contributed by atoms with Gasteiger partial charge in [-0.1, -0.05) is 41.5 Å². The van der Waals surface area contributed by atoms with Crippen LogP contribution in [-0.2, 0) is 85.7 Å². The van der Waals surface area contributed by atoms with Gasteiger partial charge in [0.1, 0.15) is 0 Å². The van der Waals surface area contributed by atoms with E-state index in [2.05, 4.69) is 0 Å². The molecule has 18 heteroatoms. The SMILES string of the molecule is CCCC(=O)O[C@@H]1[C@@H](OC(=O)CCC)[C@H](C)O[C@H](OC(=O)/C=C/C(=O)O[C@H]2O[C@@H](C)[C@H](OC(=O)CCC)[C@@H](OC(=O)CCC)[C@H]2OC(=O)CCC)[C@@H]1OC(=O)CCC. The van der Waals surface area contributed by atoms with Crippen LogP contribution in [0.1, 0.15) is 132 Å². The molecule has 58 heavy (non-hydrogen) atoms. The van der Waals surface area contributed by atoms with Crippen molar-refractivity contribution < 1.29 is 85.7 Å². The van der Waals surface area contributed by atoms with Crippen molar-refractivity contribution in [3.63, 3.8) is 0 Å². The lowest BCUT2D eigenvalue weighted by Gasteiger charge is -2.43. The van der Waals surface area contributed by atoms with Crippen molar-refractivity contribution in [2.24, 2.45) is 0 Å². The highest BCUT2D eigenvalue weighted by Crippen LogP contribution is 2.32. The normalized spacial score (nSPS) is 26.8. The summed E-state index contributed by atoms with van der Waals surface area (Å²) in [6, 6.07) is 0. The molecule has 0 radical (unpaired) electrons. The van der Waals surface area contributed by atoms with Crippen molar-refractivity contribution in [1.82, 2.24) is 0 Å². The highest BCUT2D eigenvalue weighted by atomic mass is 16.8. The van der Waals surface area contributed by atoms with Gasteiger partial charge in [-0.2, -0.15) is 0 Å². The van der Waals surface area contributed by atoms with Crippen LogP contribution in [-0.4, -0.2) is 109 Å². The number of carbonyl (C=O) groups is 8. The second-order valence-electron chi connectivity index (χ2n) is 13.9. The minimum Gasteiger partial charge on any atom is -0.455 e. The predicted octanol–water partition coefficient (Wildman–Crippen LogP) is 4.39. The maximum atomic E-state index is 13.2. The Morgan fingerprint density at radius 1 is 0.362 bits per heavy atom. The van der Waals surface area contributed by atoms with E-state index in [0.717, 1.165) is 0 Å². The fraction of sp³-hybridized carbons (Fsp3) is 0.750. The Morgan fingerprint density at radius 3 is 0.828 bits per heavy atom. The third-order valence-electron chi connectivity index (χ3n) is 8.60. The summed E-state index contributed by atoms with van der Waals surface area (Å²) in [5, 5.41) is 0. The van der Waals surface area contributed by atoms with Crippen LogP contribution in [0.25, 0.3) is 0 Å². The Morgan fingerprint density at radius 2 is 0.586 bits per heavy atom. The van der Waals surface area contributed by atoms with Gasteiger partial charge in [0.15, 0.2) is 24.4 Å². The molecule has 0 bridgehead atoms. The fourth-order valence-corrected chi connectivity index (χ4v) is 5.91. The first kappa shape index (κ1) is 49.6. The quantitative estimate of drug-likeness (QED) is 0.0837. The number of rotatable bonds is 22. The summed E-state index contributed by atoms with van der Waals surface area (Å²) in [4.78, 5) is 102. The largest absolute Gasteiger partial charge is 0.455 e. The van der Waals surface area contributed by atoms with Gasteiger partial charge in [0.05, 0.1) is 12.2 Å². The molecular formula is C40H60O18. The number of carbonyl (C=O) groups excluding carboxylic acids is 8. The van der Waals surface area contributed by atoms with E-state index in [4.69, 9.17) is 47.4 Å². The third-order valence-corrected chi connectivity index (χ3v) is 8.60. The molecule has 18 nitrogen and oxygen atoms in total.